The summed E-state index contributed by atoms with van der Waals surface area (Å²) in [7, 11) is 0. The van der Waals surface area contributed by atoms with Gasteiger partial charge in [-0.2, -0.15) is 0 Å². The molecule has 2 fully saturated rings. The van der Waals surface area contributed by atoms with Crippen LogP contribution in [0, 0.1) is 0 Å². The molecule has 27 heavy (non-hydrogen) atoms. The number of amides is 3. The summed E-state index contributed by atoms with van der Waals surface area (Å²) in [4.78, 5) is 39.2. The molecule has 1 atom stereocenters. The molecule has 1 heterocycles. The Hall–Kier alpha value is -2.61. The number of para-hydroxylation sites is 1. The van der Waals surface area contributed by atoms with Gasteiger partial charge in [-0.1, -0.05) is 25.1 Å². The fourth-order valence-corrected chi connectivity index (χ4v) is 3.74. The topological polar surface area (TPSA) is 102 Å². The second-order valence-electron chi connectivity index (χ2n) is 7.06. The van der Waals surface area contributed by atoms with Gasteiger partial charge in [0.15, 0.2) is 0 Å². The van der Waals surface area contributed by atoms with Crippen LogP contribution in [0.4, 0.5) is 10.5 Å². The van der Waals surface area contributed by atoms with Crippen LogP contribution in [0.5, 0.6) is 0 Å². The van der Waals surface area contributed by atoms with E-state index in [-0.39, 0.29) is 30.6 Å². The summed E-state index contributed by atoms with van der Waals surface area (Å²) in [5.41, 5.74) is 0.840. The van der Waals surface area contributed by atoms with Crippen molar-refractivity contribution in [2.24, 2.45) is 0 Å². The predicted molar refractivity (Wildman–Crippen MR) is 101 cm³/mol. The number of hydrogen-bond donors (Lipinski definition) is 3. The van der Waals surface area contributed by atoms with E-state index in [0.717, 1.165) is 18.5 Å². The number of likely N-dealkylation sites (N-methyl/N-ethyl adjacent to an activating group) is 1. The lowest BCUT2D eigenvalue weighted by Gasteiger charge is -2.42. The van der Waals surface area contributed by atoms with Crippen molar-refractivity contribution in [3.8, 4) is 0 Å². The summed E-state index contributed by atoms with van der Waals surface area (Å²) in [5.74, 6) is -0.935. The highest BCUT2D eigenvalue weighted by Crippen LogP contribution is 2.26. The minimum Gasteiger partial charge on any atom is -0.480 e. The summed E-state index contributed by atoms with van der Waals surface area (Å²) in [6, 6.07) is 8.76. The first-order valence-electron chi connectivity index (χ1n) is 9.37. The molecule has 1 aliphatic carbocycles. The molecular weight excluding hydrogens is 348 g/mol. The van der Waals surface area contributed by atoms with Gasteiger partial charge < -0.3 is 20.6 Å². The number of carboxylic acid groups (broad SMARTS) is 1. The molecule has 0 bridgehead atoms. The van der Waals surface area contributed by atoms with Crippen LogP contribution in [0.15, 0.2) is 30.3 Å². The molecule has 1 aliphatic heterocycles. The zero-order valence-corrected chi connectivity index (χ0v) is 15.4. The van der Waals surface area contributed by atoms with Gasteiger partial charge in [-0.25, -0.2) is 4.79 Å². The van der Waals surface area contributed by atoms with Crippen LogP contribution in [-0.2, 0) is 9.59 Å². The molecule has 146 valence electrons. The Kier molecular flexibility index (Phi) is 5.95. The zero-order chi connectivity index (χ0) is 19.4. The largest absolute Gasteiger partial charge is 0.480 e. The molecule has 0 aromatic heterocycles. The van der Waals surface area contributed by atoms with Crippen LogP contribution >= 0.6 is 0 Å². The van der Waals surface area contributed by atoms with E-state index in [2.05, 4.69) is 10.6 Å². The van der Waals surface area contributed by atoms with Crippen molar-refractivity contribution < 1.29 is 19.5 Å². The first-order valence-corrected chi connectivity index (χ1v) is 9.37. The van der Waals surface area contributed by atoms with E-state index in [1.807, 2.05) is 42.2 Å². The summed E-state index contributed by atoms with van der Waals surface area (Å²) in [5, 5.41) is 14.6. The highest BCUT2D eigenvalue weighted by Gasteiger charge is 2.37. The Morgan fingerprint density at radius 3 is 2.56 bits per heavy atom. The zero-order valence-electron chi connectivity index (χ0n) is 15.4. The molecule has 3 N–H and O–H groups in total. The monoisotopic (exact) mass is 374 g/mol. The van der Waals surface area contributed by atoms with Crippen molar-refractivity contribution in [1.82, 2.24) is 15.5 Å². The number of benzene rings is 1. The van der Waals surface area contributed by atoms with E-state index in [1.165, 1.54) is 0 Å². The second kappa shape index (κ2) is 8.39. The molecular formula is C19H26N4O4. The number of rotatable bonds is 7. The summed E-state index contributed by atoms with van der Waals surface area (Å²) >= 11 is 0. The van der Waals surface area contributed by atoms with E-state index in [0.29, 0.717) is 19.5 Å². The number of nitrogens with zero attached hydrogens (tertiary/aromatic N) is 2. The fourth-order valence-electron chi connectivity index (χ4n) is 3.74. The van der Waals surface area contributed by atoms with Gasteiger partial charge in [-0.05, 0) is 37.9 Å². The molecule has 8 heteroatoms. The summed E-state index contributed by atoms with van der Waals surface area (Å²) in [6.45, 7) is 3.20. The summed E-state index contributed by atoms with van der Waals surface area (Å²) < 4.78 is 0. The lowest BCUT2D eigenvalue weighted by atomic mass is 9.85. The first kappa shape index (κ1) is 19.2. The van der Waals surface area contributed by atoms with Gasteiger partial charge in [0.1, 0.15) is 6.04 Å². The number of hydrogen-bond acceptors (Lipinski definition) is 4. The van der Waals surface area contributed by atoms with Gasteiger partial charge in [-0.15, -0.1) is 0 Å². The van der Waals surface area contributed by atoms with Crippen LogP contribution in [0.2, 0.25) is 0 Å². The lowest BCUT2D eigenvalue weighted by molar-refractivity contribution is -0.139. The van der Waals surface area contributed by atoms with Gasteiger partial charge in [0.25, 0.3) is 0 Å². The maximum atomic E-state index is 12.5. The molecule has 8 nitrogen and oxygen atoms in total. The van der Waals surface area contributed by atoms with Crippen LogP contribution in [0.3, 0.4) is 0 Å². The number of carboxylic acids is 1. The van der Waals surface area contributed by atoms with E-state index < -0.39 is 12.0 Å². The molecule has 1 saturated carbocycles. The van der Waals surface area contributed by atoms with Crippen LogP contribution < -0.4 is 15.5 Å². The van der Waals surface area contributed by atoms with Gasteiger partial charge in [0, 0.05) is 24.3 Å². The van der Waals surface area contributed by atoms with E-state index >= 15 is 0 Å². The smallest absolute Gasteiger partial charge is 0.317 e. The fraction of sp³-hybridized carbons (Fsp3) is 0.526. The van der Waals surface area contributed by atoms with Crippen LogP contribution in [-0.4, -0.2) is 65.7 Å². The van der Waals surface area contributed by atoms with E-state index in [4.69, 9.17) is 5.11 Å². The Morgan fingerprint density at radius 2 is 1.93 bits per heavy atom. The third-order valence-corrected chi connectivity index (χ3v) is 5.29. The molecule has 1 unspecified atom stereocenters. The van der Waals surface area contributed by atoms with Gasteiger partial charge in [0.05, 0.1) is 6.54 Å². The molecule has 3 amide bonds. The third-order valence-electron chi connectivity index (χ3n) is 5.29. The maximum absolute atomic E-state index is 12.5. The van der Waals surface area contributed by atoms with Crippen molar-refractivity contribution in [3.63, 3.8) is 0 Å². The van der Waals surface area contributed by atoms with Gasteiger partial charge >= 0.3 is 12.0 Å². The van der Waals surface area contributed by atoms with Crippen LogP contribution in [0.1, 0.15) is 26.2 Å². The molecule has 1 aromatic rings. The number of anilines is 1. The van der Waals surface area contributed by atoms with Gasteiger partial charge in [0.2, 0.25) is 5.91 Å². The normalized spacial score (nSPS) is 24.6. The van der Waals surface area contributed by atoms with E-state index in [1.54, 1.807) is 4.90 Å². The second-order valence-corrected chi connectivity index (χ2v) is 7.06. The maximum Gasteiger partial charge on any atom is 0.317 e. The molecule has 1 aromatic carbocycles. The number of nitrogens with one attached hydrogen (secondary N) is 2. The Labute approximate surface area is 158 Å². The van der Waals surface area contributed by atoms with Crippen molar-refractivity contribution in [2.75, 3.05) is 24.5 Å². The van der Waals surface area contributed by atoms with Crippen molar-refractivity contribution in [1.29, 1.82) is 0 Å². The Balaban J connectivity index is 1.43. The minimum atomic E-state index is -0.839. The molecule has 0 spiro atoms. The summed E-state index contributed by atoms with van der Waals surface area (Å²) in [6.07, 6.45) is 2.03. The van der Waals surface area contributed by atoms with Crippen molar-refractivity contribution in [3.05, 3.63) is 30.3 Å². The van der Waals surface area contributed by atoms with E-state index in [9.17, 15) is 14.4 Å². The van der Waals surface area contributed by atoms with Crippen LogP contribution in [0.25, 0.3) is 0 Å². The first-order chi connectivity index (χ1) is 13.0. The van der Waals surface area contributed by atoms with Crippen molar-refractivity contribution in [2.45, 2.75) is 44.3 Å². The molecule has 2 aliphatic rings. The van der Waals surface area contributed by atoms with Crippen molar-refractivity contribution >= 4 is 23.6 Å². The SMILES string of the molecule is CCN(CC(=O)O)C1CC(NC(=O)NC2CCN(c3ccccc3)C2=O)C1. The highest BCUT2D eigenvalue weighted by atomic mass is 16.4. The average Bonchev–Trinajstić information content (AvgIpc) is 2.97. The molecule has 1 saturated heterocycles. The minimum absolute atomic E-state index is 0.0135. The predicted octanol–water partition coefficient (Wildman–Crippen LogP) is 1.03. The quantitative estimate of drug-likeness (QED) is 0.662. The van der Waals surface area contributed by atoms with Gasteiger partial charge in [-0.3, -0.25) is 14.5 Å². The third kappa shape index (κ3) is 4.57. The highest BCUT2D eigenvalue weighted by molar-refractivity contribution is 6.01. The number of carbonyl (C=O) groups excluding carboxylic acids is 2. The molecule has 3 rings (SSSR count). The Bertz CT molecular complexity index is 690. The lowest BCUT2D eigenvalue weighted by Crippen LogP contribution is -2.57. The number of carbonyl (C=O) groups is 3. The number of aliphatic carboxylic acids is 1. The standard InChI is InChI=1S/C19H26N4O4/c1-2-22(12-17(24)25)15-10-13(11-15)20-19(27)21-16-8-9-23(18(16)26)14-6-4-3-5-7-14/h3-7,13,15-16H,2,8-12H2,1H3,(H,24,25)(H2,20,21,27). The number of urea groups is 1. The average molecular weight is 374 g/mol. The molecule has 0 radical (unpaired) electrons. The Morgan fingerprint density at radius 1 is 1.22 bits per heavy atom.